The Bertz CT molecular complexity index is 774. The van der Waals surface area contributed by atoms with Crippen molar-refractivity contribution in [1.29, 1.82) is 0 Å². The highest BCUT2D eigenvalue weighted by Gasteiger charge is 2.14. The minimum atomic E-state index is -3.85. The molecule has 22 heavy (non-hydrogen) atoms. The fourth-order valence-electron chi connectivity index (χ4n) is 1.81. The van der Waals surface area contributed by atoms with Gasteiger partial charge in [-0.15, -0.1) is 0 Å². The maximum Gasteiger partial charge on any atom is 0.261 e. The van der Waals surface area contributed by atoms with Crippen LogP contribution in [0.2, 0.25) is 0 Å². The highest BCUT2D eigenvalue weighted by molar-refractivity contribution is 7.92. The molecular formula is C15H15FN2O3S. The van der Waals surface area contributed by atoms with Crippen molar-refractivity contribution in [2.45, 2.75) is 11.3 Å². The summed E-state index contributed by atoms with van der Waals surface area (Å²) in [6.45, 7) is 0. The summed E-state index contributed by atoms with van der Waals surface area (Å²) in [4.78, 5) is 11.1. The zero-order chi connectivity index (χ0) is 16.2. The molecule has 0 atom stereocenters. The summed E-state index contributed by atoms with van der Waals surface area (Å²) in [6, 6.07) is 11.2. The number of benzene rings is 2. The summed E-state index contributed by atoms with van der Waals surface area (Å²) in [5.41, 5.74) is 1.10. The lowest BCUT2D eigenvalue weighted by Gasteiger charge is -2.09. The van der Waals surface area contributed by atoms with E-state index >= 15 is 0 Å². The quantitative estimate of drug-likeness (QED) is 0.883. The molecule has 2 N–H and O–H groups in total. The van der Waals surface area contributed by atoms with Gasteiger partial charge in [-0.3, -0.25) is 9.52 Å². The van der Waals surface area contributed by atoms with Gasteiger partial charge in [0.05, 0.1) is 11.3 Å². The lowest BCUT2D eigenvalue weighted by molar-refractivity contribution is -0.119. The molecule has 0 heterocycles. The van der Waals surface area contributed by atoms with Gasteiger partial charge in [-0.25, -0.2) is 12.8 Å². The second kappa shape index (κ2) is 6.57. The third-order valence-corrected chi connectivity index (χ3v) is 4.34. The number of halogens is 1. The van der Waals surface area contributed by atoms with Crippen LogP contribution in [0, 0.1) is 5.82 Å². The molecule has 5 nitrogen and oxygen atoms in total. The van der Waals surface area contributed by atoms with Crippen LogP contribution in [0.1, 0.15) is 5.56 Å². The van der Waals surface area contributed by atoms with Gasteiger partial charge in [0.2, 0.25) is 5.91 Å². The Morgan fingerprint density at radius 3 is 2.41 bits per heavy atom. The number of anilines is 1. The summed E-state index contributed by atoms with van der Waals surface area (Å²) in [6.07, 6.45) is 0.216. The van der Waals surface area contributed by atoms with Crippen LogP contribution in [0.15, 0.2) is 53.4 Å². The van der Waals surface area contributed by atoms with Gasteiger partial charge in [-0.05, 0) is 35.9 Å². The normalized spacial score (nSPS) is 11.0. The molecule has 7 heteroatoms. The van der Waals surface area contributed by atoms with Crippen molar-refractivity contribution in [1.82, 2.24) is 5.32 Å². The van der Waals surface area contributed by atoms with Crippen LogP contribution in [0.3, 0.4) is 0 Å². The van der Waals surface area contributed by atoms with Crippen molar-refractivity contribution < 1.29 is 17.6 Å². The highest BCUT2D eigenvalue weighted by atomic mass is 32.2. The summed E-state index contributed by atoms with van der Waals surface area (Å²) < 4.78 is 39.7. The van der Waals surface area contributed by atoms with Crippen molar-refractivity contribution in [3.05, 3.63) is 59.9 Å². The minimum absolute atomic E-state index is 0.131. The number of hydrogen-bond donors (Lipinski definition) is 2. The SMILES string of the molecule is CNC(=O)Cc1ccc(NS(=O)(=O)c2cccc(F)c2)cc1. The van der Waals surface area contributed by atoms with Crippen molar-refractivity contribution in [3.63, 3.8) is 0 Å². The number of rotatable bonds is 5. The minimum Gasteiger partial charge on any atom is -0.359 e. The van der Waals surface area contributed by atoms with Crippen LogP contribution in [0.4, 0.5) is 10.1 Å². The van der Waals surface area contributed by atoms with Gasteiger partial charge in [0.1, 0.15) is 5.82 Å². The van der Waals surface area contributed by atoms with E-state index in [1.807, 2.05) is 0 Å². The molecule has 0 bridgehead atoms. The average molecular weight is 322 g/mol. The number of carbonyl (C=O) groups excluding carboxylic acids is 1. The molecule has 0 saturated carbocycles. The highest BCUT2D eigenvalue weighted by Crippen LogP contribution is 2.17. The Labute approximate surface area is 128 Å². The molecule has 0 aromatic heterocycles. The average Bonchev–Trinajstić information content (AvgIpc) is 2.49. The van der Waals surface area contributed by atoms with E-state index in [9.17, 15) is 17.6 Å². The Morgan fingerprint density at radius 2 is 1.82 bits per heavy atom. The maximum absolute atomic E-state index is 13.1. The zero-order valence-corrected chi connectivity index (χ0v) is 12.7. The zero-order valence-electron chi connectivity index (χ0n) is 11.8. The molecule has 0 fully saturated rings. The topological polar surface area (TPSA) is 75.3 Å². The molecule has 2 aromatic rings. The van der Waals surface area contributed by atoms with E-state index in [0.29, 0.717) is 5.69 Å². The largest absolute Gasteiger partial charge is 0.359 e. The van der Waals surface area contributed by atoms with Gasteiger partial charge in [0, 0.05) is 12.7 Å². The Hall–Kier alpha value is -2.41. The molecule has 2 rings (SSSR count). The number of sulfonamides is 1. The van der Waals surface area contributed by atoms with Crippen molar-refractivity contribution >= 4 is 21.6 Å². The summed E-state index contributed by atoms with van der Waals surface area (Å²) in [5, 5.41) is 2.51. The Balaban J connectivity index is 2.15. The molecule has 0 unspecified atom stereocenters. The van der Waals surface area contributed by atoms with Gasteiger partial charge in [0.15, 0.2) is 0 Å². The molecule has 1 amide bonds. The van der Waals surface area contributed by atoms with Gasteiger partial charge >= 0.3 is 0 Å². The Morgan fingerprint density at radius 1 is 1.14 bits per heavy atom. The molecule has 0 spiro atoms. The van der Waals surface area contributed by atoms with Crippen LogP contribution in [-0.4, -0.2) is 21.4 Å². The van der Waals surface area contributed by atoms with E-state index in [2.05, 4.69) is 10.0 Å². The first kappa shape index (κ1) is 16.0. The molecule has 116 valence electrons. The van der Waals surface area contributed by atoms with Crippen LogP contribution in [0.25, 0.3) is 0 Å². The second-order valence-corrected chi connectivity index (χ2v) is 6.29. The number of amides is 1. The van der Waals surface area contributed by atoms with E-state index < -0.39 is 15.8 Å². The van der Waals surface area contributed by atoms with Crippen LogP contribution in [-0.2, 0) is 21.2 Å². The van der Waals surface area contributed by atoms with Gasteiger partial charge in [-0.1, -0.05) is 18.2 Å². The van der Waals surface area contributed by atoms with E-state index in [-0.39, 0.29) is 17.2 Å². The fourth-order valence-corrected chi connectivity index (χ4v) is 2.90. The number of nitrogens with one attached hydrogen (secondary N) is 2. The van der Waals surface area contributed by atoms with Gasteiger partial charge in [-0.2, -0.15) is 0 Å². The smallest absolute Gasteiger partial charge is 0.261 e. The van der Waals surface area contributed by atoms with E-state index in [1.165, 1.54) is 18.2 Å². The predicted molar refractivity (Wildman–Crippen MR) is 81.4 cm³/mol. The Kier molecular flexibility index (Phi) is 4.77. The molecule has 0 aliphatic heterocycles. The van der Waals surface area contributed by atoms with Crippen molar-refractivity contribution in [2.75, 3.05) is 11.8 Å². The summed E-state index contributed by atoms with van der Waals surface area (Å²) in [7, 11) is -2.30. The van der Waals surface area contributed by atoms with Gasteiger partial charge in [0.25, 0.3) is 10.0 Å². The third kappa shape index (κ3) is 4.05. The maximum atomic E-state index is 13.1. The van der Waals surface area contributed by atoms with Crippen LogP contribution >= 0.6 is 0 Å². The molecule has 2 aromatic carbocycles. The summed E-state index contributed by atoms with van der Waals surface area (Å²) >= 11 is 0. The van der Waals surface area contributed by atoms with E-state index in [1.54, 1.807) is 31.3 Å². The molecule has 0 aliphatic rings. The lowest BCUT2D eigenvalue weighted by Crippen LogP contribution is -2.19. The van der Waals surface area contributed by atoms with Crippen molar-refractivity contribution in [3.8, 4) is 0 Å². The monoisotopic (exact) mass is 322 g/mol. The van der Waals surface area contributed by atoms with Crippen LogP contribution < -0.4 is 10.0 Å². The first-order valence-electron chi connectivity index (χ1n) is 6.48. The summed E-state index contributed by atoms with van der Waals surface area (Å²) in [5.74, 6) is -0.753. The number of carbonyl (C=O) groups is 1. The van der Waals surface area contributed by atoms with Gasteiger partial charge < -0.3 is 5.32 Å². The number of likely N-dealkylation sites (N-methyl/N-ethyl adjacent to an activating group) is 1. The first-order chi connectivity index (χ1) is 10.4. The predicted octanol–water partition coefficient (Wildman–Crippen LogP) is 1.91. The van der Waals surface area contributed by atoms with Crippen molar-refractivity contribution in [2.24, 2.45) is 0 Å². The number of hydrogen-bond acceptors (Lipinski definition) is 3. The van der Waals surface area contributed by atoms with E-state index in [4.69, 9.17) is 0 Å². The first-order valence-corrected chi connectivity index (χ1v) is 7.97. The molecular weight excluding hydrogens is 307 g/mol. The van der Waals surface area contributed by atoms with Crippen LogP contribution in [0.5, 0.6) is 0 Å². The fraction of sp³-hybridized carbons (Fsp3) is 0.133. The second-order valence-electron chi connectivity index (χ2n) is 4.61. The molecule has 0 aliphatic carbocycles. The van der Waals surface area contributed by atoms with E-state index in [0.717, 1.165) is 11.6 Å². The standard InChI is InChI=1S/C15H15FN2O3S/c1-17-15(19)9-11-5-7-13(8-6-11)18-22(20,21)14-4-2-3-12(16)10-14/h2-8,10,18H,9H2,1H3,(H,17,19). The molecule has 0 saturated heterocycles. The molecule has 0 radical (unpaired) electrons. The third-order valence-electron chi connectivity index (χ3n) is 2.96. The lowest BCUT2D eigenvalue weighted by atomic mass is 10.1.